The van der Waals surface area contributed by atoms with E-state index in [9.17, 15) is 0 Å². The van der Waals surface area contributed by atoms with Crippen LogP contribution in [0.25, 0.3) is 0 Å². The Bertz CT molecular complexity index is 1400. The van der Waals surface area contributed by atoms with Crippen molar-refractivity contribution in [3.63, 3.8) is 0 Å². The Morgan fingerprint density at radius 2 is 1.07 bits per heavy atom. The van der Waals surface area contributed by atoms with E-state index in [2.05, 4.69) is 74.7 Å². The highest BCUT2D eigenvalue weighted by Crippen LogP contribution is 2.48. The predicted octanol–water partition coefficient (Wildman–Crippen LogP) is 11.1. The number of hydrogen-bond acceptors (Lipinski definition) is 4. The minimum atomic E-state index is 0.426. The van der Waals surface area contributed by atoms with Crippen molar-refractivity contribution >= 4 is 38.7 Å². The van der Waals surface area contributed by atoms with Crippen molar-refractivity contribution in [1.82, 2.24) is 0 Å². The highest BCUT2D eigenvalue weighted by atomic mass is 79.9. The molecule has 1 N–H and O–H groups in total. The number of allylic oxidation sites excluding steroid dienone is 3. The molecule has 41 heavy (non-hydrogen) atoms. The van der Waals surface area contributed by atoms with Gasteiger partial charge in [0.2, 0.25) is 0 Å². The van der Waals surface area contributed by atoms with Crippen molar-refractivity contribution in [2.45, 2.75) is 49.4 Å². The van der Waals surface area contributed by atoms with Gasteiger partial charge in [-0.2, -0.15) is 0 Å². The third-order valence-corrected chi connectivity index (χ3v) is 8.25. The van der Waals surface area contributed by atoms with E-state index in [1.165, 1.54) is 49.9 Å². The smallest absolute Gasteiger partial charge is 0.151 e. The summed E-state index contributed by atoms with van der Waals surface area (Å²) in [5, 5.41) is 3.32. The standard InChI is InChI=1S/C18H17NO.C12H9NO.C6H9Br/c1-2-8-14(9-3-1)19-15-10-4-6-12-17(15)20-18-13-7-5-11-16(18)19;1-3-7-11-9(5-1)13-10-6-2-4-8-12(10)14-11;7-6-4-2-1-3-5-6/h2,4-8,10-14H,1,3,9H2;1-8,13H;2,4,6H,1,3,5H2. The molecule has 4 nitrogen and oxygen atoms in total. The minimum absolute atomic E-state index is 0.426. The van der Waals surface area contributed by atoms with Gasteiger partial charge in [0.15, 0.2) is 23.0 Å². The first-order chi connectivity index (χ1) is 20.3. The number of fused-ring (bicyclic) bond motifs is 4. The maximum absolute atomic E-state index is 6.03. The number of benzene rings is 4. The molecule has 2 atom stereocenters. The predicted molar refractivity (Wildman–Crippen MR) is 174 cm³/mol. The van der Waals surface area contributed by atoms with Gasteiger partial charge in [0, 0.05) is 4.83 Å². The van der Waals surface area contributed by atoms with Gasteiger partial charge in [-0.3, -0.25) is 0 Å². The van der Waals surface area contributed by atoms with Gasteiger partial charge in [-0.25, -0.2) is 0 Å². The topological polar surface area (TPSA) is 33.7 Å². The van der Waals surface area contributed by atoms with Crippen molar-refractivity contribution < 1.29 is 9.47 Å². The van der Waals surface area contributed by atoms with E-state index in [-0.39, 0.29) is 0 Å². The van der Waals surface area contributed by atoms with E-state index in [0.717, 1.165) is 34.4 Å². The van der Waals surface area contributed by atoms with Gasteiger partial charge < -0.3 is 19.7 Å². The Balaban J connectivity index is 0.000000124. The Kier molecular flexibility index (Phi) is 8.72. The number of anilines is 4. The number of alkyl halides is 1. The fraction of sp³-hybridized carbons (Fsp3) is 0.222. The molecule has 0 aromatic heterocycles. The number of nitrogens with zero attached hydrogens (tertiary/aromatic N) is 1. The van der Waals surface area contributed by atoms with Crippen LogP contribution in [0.4, 0.5) is 22.7 Å². The van der Waals surface area contributed by atoms with Gasteiger partial charge in [0.25, 0.3) is 0 Å². The summed E-state index contributed by atoms with van der Waals surface area (Å²) >= 11 is 3.50. The molecule has 4 aromatic carbocycles. The van der Waals surface area contributed by atoms with Crippen LogP contribution in [-0.2, 0) is 0 Å². The van der Waals surface area contributed by atoms with Crippen LogP contribution in [0.3, 0.4) is 0 Å². The normalized spacial score (nSPS) is 19.1. The molecule has 208 valence electrons. The number of nitrogens with one attached hydrogen (secondary N) is 1. The van der Waals surface area contributed by atoms with Crippen LogP contribution in [0.15, 0.2) is 121 Å². The molecule has 0 bridgehead atoms. The molecule has 2 aliphatic heterocycles. The molecular formula is C36H35BrN2O2. The molecule has 0 radical (unpaired) electrons. The van der Waals surface area contributed by atoms with Crippen LogP contribution >= 0.6 is 15.9 Å². The summed E-state index contributed by atoms with van der Waals surface area (Å²) in [6, 6.07) is 32.9. The van der Waals surface area contributed by atoms with Crippen LogP contribution in [0.5, 0.6) is 23.0 Å². The molecule has 8 rings (SSSR count). The fourth-order valence-electron chi connectivity index (χ4n) is 5.45. The molecular weight excluding hydrogens is 572 g/mol. The van der Waals surface area contributed by atoms with Gasteiger partial charge in [-0.15, -0.1) is 0 Å². The van der Waals surface area contributed by atoms with Crippen LogP contribution < -0.4 is 19.7 Å². The summed E-state index contributed by atoms with van der Waals surface area (Å²) in [4.78, 5) is 3.09. The molecule has 2 aliphatic carbocycles. The van der Waals surface area contributed by atoms with Gasteiger partial charge in [0.1, 0.15) is 0 Å². The van der Waals surface area contributed by atoms with Crippen molar-refractivity contribution in [3.05, 3.63) is 121 Å². The zero-order valence-electron chi connectivity index (χ0n) is 23.1. The number of halogens is 1. The summed E-state index contributed by atoms with van der Waals surface area (Å²) in [5.41, 5.74) is 4.38. The van der Waals surface area contributed by atoms with Crippen LogP contribution in [0, 0.1) is 0 Å². The summed E-state index contributed by atoms with van der Waals surface area (Å²) in [6.07, 6.45) is 16.7. The van der Waals surface area contributed by atoms with Crippen LogP contribution in [-0.4, -0.2) is 10.9 Å². The summed E-state index contributed by atoms with van der Waals surface area (Å²) in [6.45, 7) is 0. The second-order valence-corrected chi connectivity index (χ2v) is 11.6. The second kappa shape index (κ2) is 13.1. The fourth-order valence-corrected chi connectivity index (χ4v) is 5.99. The quantitative estimate of drug-likeness (QED) is 0.152. The van der Waals surface area contributed by atoms with Crippen molar-refractivity contribution in [2.24, 2.45) is 0 Å². The molecule has 4 aliphatic rings. The van der Waals surface area contributed by atoms with Crippen molar-refractivity contribution in [3.8, 4) is 23.0 Å². The van der Waals surface area contributed by atoms with E-state index in [0.29, 0.717) is 10.9 Å². The maximum Gasteiger partial charge on any atom is 0.151 e. The molecule has 0 amide bonds. The summed E-state index contributed by atoms with van der Waals surface area (Å²) in [7, 11) is 0. The van der Waals surface area contributed by atoms with E-state index in [1.54, 1.807) is 0 Å². The van der Waals surface area contributed by atoms with Gasteiger partial charge in [-0.1, -0.05) is 88.8 Å². The largest absolute Gasteiger partial charge is 0.453 e. The van der Waals surface area contributed by atoms with Gasteiger partial charge in [0.05, 0.1) is 28.8 Å². The molecule has 0 spiro atoms. The first-order valence-corrected chi connectivity index (χ1v) is 15.4. The Morgan fingerprint density at radius 1 is 0.585 bits per heavy atom. The molecule has 2 unspecified atom stereocenters. The zero-order valence-corrected chi connectivity index (χ0v) is 24.7. The Morgan fingerprint density at radius 3 is 1.56 bits per heavy atom. The lowest BCUT2D eigenvalue weighted by Gasteiger charge is -2.38. The Hall–Kier alpha value is -3.96. The minimum Gasteiger partial charge on any atom is -0.453 e. The average molecular weight is 608 g/mol. The molecule has 4 aromatic rings. The molecule has 5 heteroatoms. The SMILES string of the molecule is BrC1C=CCCC1.C1=CC(N2c3ccccc3Oc3ccccc32)CCC1.c1ccc2c(c1)Nc1ccccc1O2. The summed E-state index contributed by atoms with van der Waals surface area (Å²) in [5.74, 6) is 3.66. The zero-order chi connectivity index (χ0) is 27.9. The number of ether oxygens (including phenoxy) is 2. The van der Waals surface area contributed by atoms with Crippen LogP contribution in [0.1, 0.15) is 38.5 Å². The van der Waals surface area contributed by atoms with Crippen LogP contribution in [0.2, 0.25) is 0 Å². The third-order valence-electron chi connectivity index (χ3n) is 7.49. The number of hydrogen-bond donors (Lipinski definition) is 1. The molecule has 0 saturated carbocycles. The van der Waals surface area contributed by atoms with Gasteiger partial charge in [-0.05, 0) is 87.1 Å². The average Bonchev–Trinajstić information content (AvgIpc) is 3.04. The van der Waals surface area contributed by atoms with Gasteiger partial charge >= 0.3 is 0 Å². The number of rotatable bonds is 1. The lowest BCUT2D eigenvalue weighted by molar-refractivity contribution is 0.466. The second-order valence-electron chi connectivity index (χ2n) is 10.4. The molecule has 0 fully saturated rings. The highest BCUT2D eigenvalue weighted by Gasteiger charge is 2.28. The first kappa shape index (κ1) is 27.2. The summed E-state index contributed by atoms with van der Waals surface area (Å²) < 4.78 is 11.7. The maximum atomic E-state index is 6.03. The first-order valence-electron chi connectivity index (χ1n) is 14.5. The lowest BCUT2D eigenvalue weighted by Crippen LogP contribution is -2.32. The third kappa shape index (κ3) is 6.52. The van der Waals surface area contributed by atoms with Crippen molar-refractivity contribution in [2.75, 3.05) is 10.2 Å². The van der Waals surface area contributed by atoms with E-state index < -0.39 is 0 Å². The Labute approximate surface area is 251 Å². The molecule has 0 saturated heterocycles. The highest BCUT2D eigenvalue weighted by molar-refractivity contribution is 9.09. The van der Waals surface area contributed by atoms with E-state index >= 15 is 0 Å². The monoisotopic (exact) mass is 606 g/mol. The van der Waals surface area contributed by atoms with Crippen molar-refractivity contribution in [1.29, 1.82) is 0 Å². The van der Waals surface area contributed by atoms with E-state index in [1.807, 2.05) is 72.8 Å². The van der Waals surface area contributed by atoms with E-state index in [4.69, 9.17) is 9.47 Å². The molecule has 2 heterocycles. The number of para-hydroxylation sites is 8. The lowest BCUT2D eigenvalue weighted by atomic mass is 9.99.